The molecule has 2 N–H and O–H groups in total. The van der Waals surface area contributed by atoms with Gasteiger partial charge < -0.3 is 15.4 Å². The molecule has 1 fully saturated rings. The molecule has 0 radical (unpaired) electrons. The summed E-state index contributed by atoms with van der Waals surface area (Å²) < 4.78 is 7.25. The second-order valence-electron chi connectivity index (χ2n) is 7.04. The first-order valence-electron chi connectivity index (χ1n) is 9.80. The summed E-state index contributed by atoms with van der Waals surface area (Å²) in [6, 6.07) is 7.01. The minimum absolute atomic E-state index is 0.196. The minimum Gasteiger partial charge on any atom is -0.381 e. The summed E-state index contributed by atoms with van der Waals surface area (Å²) in [6.07, 6.45) is 5.01. The number of nitriles is 1. The number of hydrogen-bond donors (Lipinski definition) is 2. The van der Waals surface area contributed by atoms with Crippen molar-refractivity contribution < 1.29 is 9.53 Å². The zero-order valence-electron chi connectivity index (χ0n) is 16.5. The summed E-state index contributed by atoms with van der Waals surface area (Å²) in [5.74, 6) is -0.325. The summed E-state index contributed by atoms with van der Waals surface area (Å²) in [5, 5.41) is 21.1. The fourth-order valence-electron chi connectivity index (χ4n) is 3.52. The first-order chi connectivity index (χ1) is 14.6. The molecule has 8 nitrogen and oxygen atoms in total. The Labute approximate surface area is 178 Å². The quantitative estimate of drug-likeness (QED) is 0.645. The highest BCUT2D eigenvalue weighted by atomic mass is 35.5. The Hall–Kier alpha value is -3.15. The van der Waals surface area contributed by atoms with E-state index in [1.807, 2.05) is 13.0 Å². The van der Waals surface area contributed by atoms with Crippen LogP contribution in [0, 0.1) is 11.3 Å². The number of fused-ring (bicyclic) bond motifs is 1. The maximum Gasteiger partial charge on any atom is 0.259 e. The SMILES string of the molecule is CCn1ncc2c(NC3CCOCC3)c(C(=O)Nc3ccc(Cl)c(C#N)c3)cnc21. The van der Waals surface area contributed by atoms with Crippen molar-refractivity contribution in [1.82, 2.24) is 14.8 Å². The number of aromatic nitrogens is 3. The highest BCUT2D eigenvalue weighted by Gasteiger charge is 2.22. The monoisotopic (exact) mass is 424 g/mol. The molecule has 0 aliphatic carbocycles. The molecular formula is C21H21ClN6O2. The Morgan fingerprint density at radius 2 is 2.17 bits per heavy atom. The normalized spacial score (nSPS) is 14.4. The number of hydrogen-bond acceptors (Lipinski definition) is 6. The van der Waals surface area contributed by atoms with Gasteiger partial charge in [0.1, 0.15) is 6.07 Å². The Balaban J connectivity index is 1.70. The first kappa shape index (κ1) is 20.1. The van der Waals surface area contributed by atoms with E-state index < -0.39 is 0 Å². The molecule has 0 unspecified atom stereocenters. The van der Waals surface area contributed by atoms with Crippen LogP contribution in [0.2, 0.25) is 5.02 Å². The number of aryl methyl sites for hydroxylation is 1. The van der Waals surface area contributed by atoms with Crippen LogP contribution in [-0.2, 0) is 11.3 Å². The number of carbonyl (C=O) groups excluding carboxylic acids is 1. The molecule has 0 atom stereocenters. The van der Waals surface area contributed by atoms with Crippen molar-refractivity contribution >= 4 is 39.9 Å². The summed E-state index contributed by atoms with van der Waals surface area (Å²) in [5.41, 5.74) is 2.63. The van der Waals surface area contributed by atoms with Crippen LogP contribution in [-0.4, -0.2) is 39.9 Å². The van der Waals surface area contributed by atoms with Crippen molar-refractivity contribution in [3.05, 3.63) is 46.7 Å². The second-order valence-corrected chi connectivity index (χ2v) is 7.44. The molecule has 9 heteroatoms. The predicted molar refractivity (Wildman–Crippen MR) is 115 cm³/mol. The lowest BCUT2D eigenvalue weighted by molar-refractivity contribution is 0.0904. The minimum atomic E-state index is -0.325. The van der Waals surface area contributed by atoms with Crippen molar-refractivity contribution in [2.75, 3.05) is 23.8 Å². The van der Waals surface area contributed by atoms with Crippen LogP contribution < -0.4 is 10.6 Å². The number of carbonyl (C=O) groups is 1. The fraction of sp³-hybridized carbons (Fsp3) is 0.333. The molecule has 1 aliphatic rings. The van der Waals surface area contributed by atoms with E-state index in [4.69, 9.17) is 16.3 Å². The number of nitrogens with zero attached hydrogens (tertiary/aromatic N) is 4. The van der Waals surface area contributed by atoms with E-state index in [1.165, 1.54) is 0 Å². The zero-order valence-corrected chi connectivity index (χ0v) is 17.2. The molecule has 154 valence electrons. The number of rotatable bonds is 5. The Bertz CT molecular complexity index is 1130. The molecule has 1 saturated heterocycles. The van der Waals surface area contributed by atoms with Crippen molar-refractivity contribution in [1.29, 1.82) is 5.26 Å². The average Bonchev–Trinajstić information content (AvgIpc) is 3.19. The van der Waals surface area contributed by atoms with Crippen molar-refractivity contribution in [3.63, 3.8) is 0 Å². The molecule has 0 spiro atoms. The number of ether oxygens (including phenoxy) is 1. The van der Waals surface area contributed by atoms with E-state index in [2.05, 4.69) is 20.7 Å². The lowest BCUT2D eigenvalue weighted by atomic mass is 10.1. The predicted octanol–water partition coefficient (Wildman–Crippen LogP) is 3.82. The maximum atomic E-state index is 13.1. The topological polar surface area (TPSA) is 105 Å². The molecule has 1 aliphatic heterocycles. The van der Waals surface area contributed by atoms with E-state index in [9.17, 15) is 10.1 Å². The standard InChI is InChI=1S/C21H21ClN6O2/c1-2-28-20-16(12-25-28)19(26-14-5-7-30-8-6-14)17(11-24-20)21(29)27-15-3-4-18(22)13(9-15)10-23/h3-4,9,11-12,14H,2,5-8H2,1H3,(H,24,26)(H,27,29). The zero-order chi connectivity index (χ0) is 21.1. The van der Waals surface area contributed by atoms with Crippen LogP contribution in [0.1, 0.15) is 35.7 Å². The highest BCUT2D eigenvalue weighted by molar-refractivity contribution is 6.31. The van der Waals surface area contributed by atoms with Gasteiger partial charge in [-0.25, -0.2) is 9.67 Å². The Morgan fingerprint density at radius 3 is 2.90 bits per heavy atom. The van der Waals surface area contributed by atoms with Gasteiger partial charge in [0.2, 0.25) is 0 Å². The van der Waals surface area contributed by atoms with E-state index in [1.54, 1.807) is 35.3 Å². The highest BCUT2D eigenvalue weighted by Crippen LogP contribution is 2.29. The number of halogens is 1. The van der Waals surface area contributed by atoms with Gasteiger partial charge in [-0.05, 0) is 38.0 Å². The molecule has 30 heavy (non-hydrogen) atoms. The number of anilines is 2. The van der Waals surface area contributed by atoms with Gasteiger partial charge >= 0.3 is 0 Å². The molecule has 0 saturated carbocycles. The number of amides is 1. The van der Waals surface area contributed by atoms with Gasteiger partial charge in [0.25, 0.3) is 5.91 Å². The van der Waals surface area contributed by atoms with Crippen LogP contribution in [0.5, 0.6) is 0 Å². The number of pyridine rings is 1. The van der Waals surface area contributed by atoms with Crippen molar-refractivity contribution in [2.45, 2.75) is 32.4 Å². The number of benzene rings is 1. The van der Waals surface area contributed by atoms with E-state index in [0.29, 0.717) is 47.3 Å². The third kappa shape index (κ3) is 3.95. The van der Waals surface area contributed by atoms with Crippen LogP contribution in [0.15, 0.2) is 30.6 Å². The van der Waals surface area contributed by atoms with Crippen LogP contribution in [0.25, 0.3) is 11.0 Å². The Morgan fingerprint density at radius 1 is 1.37 bits per heavy atom. The molecule has 4 rings (SSSR count). The molecular weight excluding hydrogens is 404 g/mol. The largest absolute Gasteiger partial charge is 0.381 e. The average molecular weight is 425 g/mol. The summed E-state index contributed by atoms with van der Waals surface area (Å²) in [6.45, 7) is 4.04. The maximum absolute atomic E-state index is 13.1. The third-order valence-electron chi connectivity index (χ3n) is 5.12. The smallest absolute Gasteiger partial charge is 0.259 e. The van der Waals surface area contributed by atoms with Gasteiger partial charge in [-0.1, -0.05) is 11.6 Å². The van der Waals surface area contributed by atoms with Gasteiger partial charge in [-0.3, -0.25) is 4.79 Å². The molecule has 3 heterocycles. The summed E-state index contributed by atoms with van der Waals surface area (Å²) in [4.78, 5) is 17.6. The molecule has 0 bridgehead atoms. The van der Waals surface area contributed by atoms with E-state index >= 15 is 0 Å². The second kappa shape index (κ2) is 8.69. The number of nitrogens with one attached hydrogen (secondary N) is 2. The van der Waals surface area contributed by atoms with Crippen LogP contribution >= 0.6 is 11.6 Å². The van der Waals surface area contributed by atoms with Gasteiger partial charge in [0.05, 0.1) is 33.4 Å². The fourth-order valence-corrected chi connectivity index (χ4v) is 3.68. The summed E-state index contributed by atoms with van der Waals surface area (Å²) >= 11 is 5.99. The lowest BCUT2D eigenvalue weighted by Crippen LogP contribution is -2.29. The summed E-state index contributed by atoms with van der Waals surface area (Å²) in [7, 11) is 0. The molecule has 3 aromatic rings. The van der Waals surface area contributed by atoms with Crippen LogP contribution in [0.3, 0.4) is 0 Å². The lowest BCUT2D eigenvalue weighted by Gasteiger charge is -2.25. The van der Waals surface area contributed by atoms with E-state index in [-0.39, 0.29) is 11.9 Å². The Kier molecular flexibility index (Phi) is 5.84. The van der Waals surface area contributed by atoms with Crippen molar-refractivity contribution in [3.8, 4) is 6.07 Å². The van der Waals surface area contributed by atoms with E-state index in [0.717, 1.165) is 23.9 Å². The van der Waals surface area contributed by atoms with Gasteiger partial charge in [-0.15, -0.1) is 0 Å². The molecule has 2 aromatic heterocycles. The van der Waals surface area contributed by atoms with Crippen LogP contribution in [0.4, 0.5) is 11.4 Å². The van der Waals surface area contributed by atoms with Crippen molar-refractivity contribution in [2.24, 2.45) is 0 Å². The molecule has 1 aromatic carbocycles. The van der Waals surface area contributed by atoms with Gasteiger partial charge in [0.15, 0.2) is 5.65 Å². The van der Waals surface area contributed by atoms with Gasteiger partial charge in [0, 0.05) is 37.7 Å². The first-order valence-corrected chi connectivity index (χ1v) is 10.2. The van der Waals surface area contributed by atoms with Gasteiger partial charge in [-0.2, -0.15) is 10.4 Å². The molecule has 1 amide bonds. The third-order valence-corrected chi connectivity index (χ3v) is 5.45.